The molecule has 0 aromatic heterocycles. The number of likely N-dealkylation sites (N-methyl/N-ethyl adjacent to an activating group) is 1. The molecule has 1 aliphatic rings. The second-order valence-electron chi connectivity index (χ2n) is 7.97. The van der Waals surface area contributed by atoms with E-state index in [1.165, 1.54) is 18.2 Å². The number of amides is 1. The van der Waals surface area contributed by atoms with Crippen molar-refractivity contribution in [2.75, 3.05) is 58.8 Å². The third-order valence-corrected chi connectivity index (χ3v) is 5.86. The summed E-state index contributed by atoms with van der Waals surface area (Å²) < 4.78 is 0. The Balaban J connectivity index is 1.81. The third kappa shape index (κ3) is 5.72. The van der Waals surface area contributed by atoms with Crippen LogP contribution in [-0.4, -0.2) is 74.5 Å². The molecule has 31 heavy (non-hydrogen) atoms. The minimum Gasteiger partial charge on any atom is -0.378 e. The van der Waals surface area contributed by atoms with Gasteiger partial charge in [0.05, 0.1) is 11.0 Å². The Morgan fingerprint density at radius 1 is 1.16 bits per heavy atom. The normalized spacial score (nSPS) is 16.0. The topological polar surface area (TPSA) is 82.0 Å². The van der Waals surface area contributed by atoms with E-state index in [1.54, 1.807) is 0 Å². The van der Waals surface area contributed by atoms with Crippen molar-refractivity contribution in [2.24, 2.45) is 0 Å². The van der Waals surface area contributed by atoms with Crippen LogP contribution in [-0.2, 0) is 0 Å². The standard InChI is InChI=1S/C22H28ClN5O3/c1-25(2)18-7-4-16(5-8-18)21(27-12-10-26(3)11-13-27)15-24-22(29)19-14-17(23)6-9-20(19)28(30)31/h4-9,14,21H,10-13,15H2,1-3H3,(H,24,29)/t21-/m0/s1. The molecule has 1 N–H and O–H groups in total. The first-order valence-electron chi connectivity index (χ1n) is 10.2. The van der Waals surface area contributed by atoms with Gasteiger partial charge in [0.1, 0.15) is 5.56 Å². The first-order valence-corrected chi connectivity index (χ1v) is 10.6. The predicted molar refractivity (Wildman–Crippen MR) is 123 cm³/mol. The van der Waals surface area contributed by atoms with Crippen molar-refractivity contribution in [1.29, 1.82) is 0 Å². The Kier molecular flexibility index (Phi) is 7.48. The molecule has 8 nitrogen and oxygen atoms in total. The molecule has 0 radical (unpaired) electrons. The summed E-state index contributed by atoms with van der Waals surface area (Å²) in [6, 6.07) is 12.2. The van der Waals surface area contributed by atoms with Crippen LogP contribution in [0.3, 0.4) is 0 Å². The van der Waals surface area contributed by atoms with Crippen LogP contribution in [0.25, 0.3) is 0 Å². The Morgan fingerprint density at radius 3 is 2.39 bits per heavy atom. The van der Waals surface area contributed by atoms with E-state index in [0.29, 0.717) is 6.54 Å². The van der Waals surface area contributed by atoms with Gasteiger partial charge in [-0.1, -0.05) is 23.7 Å². The van der Waals surface area contributed by atoms with E-state index in [-0.39, 0.29) is 22.3 Å². The van der Waals surface area contributed by atoms with E-state index in [1.807, 2.05) is 19.0 Å². The highest BCUT2D eigenvalue weighted by Crippen LogP contribution is 2.26. The zero-order valence-corrected chi connectivity index (χ0v) is 18.8. The highest BCUT2D eigenvalue weighted by atomic mass is 35.5. The molecule has 166 valence electrons. The van der Waals surface area contributed by atoms with Crippen molar-refractivity contribution in [2.45, 2.75) is 6.04 Å². The van der Waals surface area contributed by atoms with Crippen LogP contribution in [0.15, 0.2) is 42.5 Å². The maximum absolute atomic E-state index is 12.8. The minimum atomic E-state index is -0.566. The predicted octanol–water partition coefficient (Wildman–Crippen LogP) is 3.03. The number of nitro groups is 1. The van der Waals surface area contributed by atoms with Crippen LogP contribution in [0.1, 0.15) is 22.0 Å². The number of carbonyl (C=O) groups excluding carboxylic acids is 1. The molecule has 0 saturated carbocycles. The summed E-state index contributed by atoms with van der Waals surface area (Å²) >= 11 is 5.98. The van der Waals surface area contributed by atoms with Gasteiger partial charge in [-0.05, 0) is 36.9 Å². The molecule has 0 bridgehead atoms. The smallest absolute Gasteiger partial charge is 0.282 e. The van der Waals surface area contributed by atoms with Crippen LogP contribution in [0.2, 0.25) is 5.02 Å². The van der Waals surface area contributed by atoms with E-state index >= 15 is 0 Å². The van der Waals surface area contributed by atoms with Gasteiger partial charge in [-0.25, -0.2) is 0 Å². The number of halogens is 1. The number of hydrogen-bond acceptors (Lipinski definition) is 6. The Hall–Kier alpha value is -2.68. The number of benzene rings is 2. The van der Waals surface area contributed by atoms with E-state index < -0.39 is 10.8 Å². The fraction of sp³-hybridized carbons (Fsp3) is 0.409. The molecule has 0 aliphatic carbocycles. The molecule has 0 unspecified atom stereocenters. The van der Waals surface area contributed by atoms with Crippen LogP contribution >= 0.6 is 11.6 Å². The highest BCUT2D eigenvalue weighted by Gasteiger charge is 2.26. The molecule has 1 saturated heterocycles. The molecule has 1 fully saturated rings. The number of nitrogens with zero attached hydrogens (tertiary/aromatic N) is 4. The van der Waals surface area contributed by atoms with Gasteiger partial charge in [0.25, 0.3) is 11.6 Å². The van der Waals surface area contributed by atoms with Gasteiger partial charge in [-0.3, -0.25) is 19.8 Å². The zero-order valence-electron chi connectivity index (χ0n) is 18.0. The number of rotatable bonds is 7. The zero-order chi connectivity index (χ0) is 22.5. The quantitative estimate of drug-likeness (QED) is 0.521. The second kappa shape index (κ2) is 10.1. The first-order chi connectivity index (χ1) is 14.8. The fourth-order valence-corrected chi connectivity index (χ4v) is 3.89. The highest BCUT2D eigenvalue weighted by molar-refractivity contribution is 6.31. The number of nitro benzene ring substituents is 1. The second-order valence-corrected chi connectivity index (χ2v) is 8.41. The monoisotopic (exact) mass is 445 g/mol. The van der Waals surface area contributed by atoms with E-state index in [4.69, 9.17) is 11.6 Å². The molecule has 9 heteroatoms. The number of piperazine rings is 1. The van der Waals surface area contributed by atoms with Gasteiger partial charge >= 0.3 is 0 Å². The Bertz CT molecular complexity index is 927. The summed E-state index contributed by atoms with van der Waals surface area (Å²) in [6.07, 6.45) is 0. The molecule has 3 rings (SSSR count). The molecule has 1 aliphatic heterocycles. The molecular weight excluding hydrogens is 418 g/mol. The molecular formula is C22H28ClN5O3. The molecule has 1 atom stereocenters. The summed E-state index contributed by atoms with van der Waals surface area (Å²) in [5.74, 6) is -0.502. The van der Waals surface area contributed by atoms with Crippen molar-refractivity contribution in [1.82, 2.24) is 15.1 Å². The average Bonchev–Trinajstić information content (AvgIpc) is 2.75. The van der Waals surface area contributed by atoms with E-state index in [9.17, 15) is 14.9 Å². The Labute approximate surface area is 187 Å². The average molecular weight is 446 g/mol. The fourth-order valence-electron chi connectivity index (χ4n) is 3.72. The number of carbonyl (C=O) groups is 1. The van der Waals surface area contributed by atoms with Crippen molar-refractivity contribution in [3.05, 3.63) is 68.7 Å². The molecule has 2 aromatic carbocycles. The van der Waals surface area contributed by atoms with Gasteiger partial charge in [0.15, 0.2) is 0 Å². The van der Waals surface area contributed by atoms with E-state index in [2.05, 4.69) is 46.4 Å². The molecule has 1 heterocycles. The lowest BCUT2D eigenvalue weighted by atomic mass is 10.0. The maximum atomic E-state index is 12.8. The Morgan fingerprint density at radius 2 is 1.81 bits per heavy atom. The molecule has 0 spiro atoms. The lowest BCUT2D eigenvalue weighted by Crippen LogP contribution is -2.48. The maximum Gasteiger partial charge on any atom is 0.282 e. The first kappa shape index (κ1) is 23.0. The molecule has 1 amide bonds. The van der Waals surface area contributed by atoms with Crippen molar-refractivity contribution < 1.29 is 9.72 Å². The SMILES string of the molecule is CN1CCN([C@@H](CNC(=O)c2cc(Cl)ccc2[N+](=O)[O-])c2ccc(N(C)C)cc2)CC1. The summed E-state index contributed by atoms with van der Waals surface area (Å²) in [5.41, 5.74) is 1.90. The van der Waals surface area contributed by atoms with Gasteiger partial charge < -0.3 is 15.1 Å². The van der Waals surface area contributed by atoms with Crippen LogP contribution in [0, 0.1) is 10.1 Å². The van der Waals surface area contributed by atoms with Crippen LogP contribution in [0.5, 0.6) is 0 Å². The number of hydrogen-bond donors (Lipinski definition) is 1. The van der Waals surface area contributed by atoms with Gasteiger partial charge in [0, 0.05) is 63.6 Å². The third-order valence-electron chi connectivity index (χ3n) is 5.63. The lowest BCUT2D eigenvalue weighted by Gasteiger charge is -2.38. The van der Waals surface area contributed by atoms with Gasteiger partial charge in [-0.2, -0.15) is 0 Å². The van der Waals surface area contributed by atoms with Crippen molar-refractivity contribution in [3.8, 4) is 0 Å². The van der Waals surface area contributed by atoms with Crippen LogP contribution in [0.4, 0.5) is 11.4 Å². The van der Waals surface area contributed by atoms with Crippen molar-refractivity contribution in [3.63, 3.8) is 0 Å². The summed E-state index contributed by atoms with van der Waals surface area (Å²) in [6.45, 7) is 3.99. The summed E-state index contributed by atoms with van der Waals surface area (Å²) in [5, 5.41) is 14.5. The van der Waals surface area contributed by atoms with Crippen LogP contribution < -0.4 is 10.2 Å². The van der Waals surface area contributed by atoms with Gasteiger partial charge in [-0.15, -0.1) is 0 Å². The van der Waals surface area contributed by atoms with Crippen molar-refractivity contribution >= 4 is 28.9 Å². The van der Waals surface area contributed by atoms with E-state index in [0.717, 1.165) is 37.4 Å². The lowest BCUT2D eigenvalue weighted by molar-refractivity contribution is -0.385. The summed E-state index contributed by atoms with van der Waals surface area (Å²) in [7, 11) is 6.08. The minimum absolute atomic E-state index is 0.0300. The molecule has 2 aromatic rings. The summed E-state index contributed by atoms with van der Waals surface area (Å²) in [4.78, 5) is 30.2. The largest absolute Gasteiger partial charge is 0.378 e. The number of anilines is 1. The number of nitrogens with one attached hydrogen (secondary N) is 1. The van der Waals surface area contributed by atoms with Gasteiger partial charge in [0.2, 0.25) is 0 Å².